The molecule has 5 heteroatoms. The average Bonchev–Trinajstić information content (AvgIpc) is 2.39. The van der Waals surface area contributed by atoms with E-state index in [1.807, 2.05) is 6.92 Å². The number of anilines is 1. The van der Waals surface area contributed by atoms with E-state index in [2.05, 4.69) is 10.1 Å². The Morgan fingerprint density at radius 1 is 1.44 bits per heavy atom. The number of amides is 1. The third-order valence-electron chi connectivity index (χ3n) is 2.71. The van der Waals surface area contributed by atoms with Crippen LogP contribution in [0.3, 0.4) is 0 Å². The summed E-state index contributed by atoms with van der Waals surface area (Å²) in [6, 6.07) is 3.69. The third-order valence-corrected chi connectivity index (χ3v) is 2.71. The van der Waals surface area contributed by atoms with Crippen molar-refractivity contribution in [2.45, 2.75) is 20.3 Å². The van der Waals surface area contributed by atoms with Crippen molar-refractivity contribution in [3.63, 3.8) is 0 Å². The zero-order chi connectivity index (χ0) is 13.7. The minimum Gasteiger partial charge on any atom is -0.465 e. The molecule has 1 aromatic rings. The van der Waals surface area contributed by atoms with Gasteiger partial charge in [0.25, 0.3) is 0 Å². The van der Waals surface area contributed by atoms with Gasteiger partial charge in [-0.1, -0.05) is 13.8 Å². The van der Waals surface area contributed by atoms with Gasteiger partial charge in [-0.3, -0.25) is 4.79 Å². The highest BCUT2D eigenvalue weighted by Gasteiger charge is 2.15. The van der Waals surface area contributed by atoms with Gasteiger partial charge >= 0.3 is 5.97 Å². The lowest BCUT2D eigenvalue weighted by atomic mass is 10.1. The summed E-state index contributed by atoms with van der Waals surface area (Å²) < 4.78 is 18.0. The fraction of sp³-hybridized carbons (Fsp3) is 0.385. The third kappa shape index (κ3) is 3.29. The summed E-state index contributed by atoms with van der Waals surface area (Å²) in [4.78, 5) is 22.9. The van der Waals surface area contributed by atoms with Gasteiger partial charge in [0.05, 0.1) is 18.4 Å². The summed E-state index contributed by atoms with van der Waals surface area (Å²) in [7, 11) is 1.24. The van der Waals surface area contributed by atoms with E-state index in [0.717, 1.165) is 6.07 Å². The molecule has 0 spiro atoms. The maximum absolute atomic E-state index is 13.5. The van der Waals surface area contributed by atoms with Crippen molar-refractivity contribution in [3.8, 4) is 0 Å². The van der Waals surface area contributed by atoms with Crippen LogP contribution in [0.25, 0.3) is 0 Å². The zero-order valence-electron chi connectivity index (χ0n) is 10.6. The largest absolute Gasteiger partial charge is 0.465 e. The van der Waals surface area contributed by atoms with Gasteiger partial charge in [-0.25, -0.2) is 9.18 Å². The average molecular weight is 253 g/mol. The molecule has 1 rings (SSSR count). The number of esters is 1. The number of hydrogen-bond acceptors (Lipinski definition) is 3. The number of rotatable bonds is 4. The predicted octanol–water partition coefficient (Wildman–Crippen LogP) is 2.60. The molecule has 1 aromatic carbocycles. The molecule has 18 heavy (non-hydrogen) atoms. The van der Waals surface area contributed by atoms with Crippen LogP contribution in [0.15, 0.2) is 18.2 Å². The molecule has 0 fully saturated rings. The molecule has 0 saturated heterocycles. The van der Waals surface area contributed by atoms with Crippen LogP contribution in [0.2, 0.25) is 0 Å². The lowest BCUT2D eigenvalue weighted by Crippen LogP contribution is -2.20. The van der Waals surface area contributed by atoms with Gasteiger partial charge in [0.2, 0.25) is 5.91 Å². The summed E-state index contributed by atoms with van der Waals surface area (Å²) in [5.74, 6) is -1.65. The molecule has 0 radical (unpaired) electrons. The number of nitrogens with one attached hydrogen (secondary N) is 1. The molecule has 1 N–H and O–H groups in total. The van der Waals surface area contributed by atoms with Crippen LogP contribution in [-0.2, 0) is 9.53 Å². The molecule has 1 unspecified atom stereocenters. The first-order valence-electron chi connectivity index (χ1n) is 5.68. The van der Waals surface area contributed by atoms with E-state index in [9.17, 15) is 14.0 Å². The van der Waals surface area contributed by atoms with Crippen molar-refractivity contribution in [1.29, 1.82) is 0 Å². The molecule has 0 aromatic heterocycles. The number of hydrogen-bond donors (Lipinski definition) is 1. The molecule has 4 nitrogen and oxygen atoms in total. The van der Waals surface area contributed by atoms with E-state index >= 15 is 0 Å². The first kappa shape index (κ1) is 14.2. The molecule has 0 aliphatic rings. The van der Waals surface area contributed by atoms with Crippen LogP contribution < -0.4 is 5.32 Å². The molecule has 0 heterocycles. The molecule has 98 valence electrons. The lowest BCUT2D eigenvalue weighted by molar-refractivity contribution is -0.119. The molecule has 1 amide bonds. The SMILES string of the molecule is CCC(C)C(=O)Nc1cc(C(=O)OC)ccc1F. The molecular formula is C13H16FNO3. The van der Waals surface area contributed by atoms with Crippen LogP contribution in [0.4, 0.5) is 10.1 Å². The van der Waals surface area contributed by atoms with Gasteiger partial charge < -0.3 is 10.1 Å². The van der Waals surface area contributed by atoms with E-state index in [0.29, 0.717) is 6.42 Å². The zero-order valence-corrected chi connectivity index (χ0v) is 10.6. The summed E-state index contributed by atoms with van der Waals surface area (Å²) in [6.07, 6.45) is 0.657. The van der Waals surface area contributed by atoms with Crippen molar-refractivity contribution >= 4 is 17.6 Å². The fourth-order valence-electron chi connectivity index (χ4n) is 1.31. The second-order valence-corrected chi connectivity index (χ2v) is 3.98. The summed E-state index contributed by atoms with van der Waals surface area (Å²) in [5.41, 5.74) is 0.182. The summed E-state index contributed by atoms with van der Waals surface area (Å²) in [5, 5.41) is 2.46. The van der Waals surface area contributed by atoms with Crippen molar-refractivity contribution in [3.05, 3.63) is 29.6 Å². The van der Waals surface area contributed by atoms with Gasteiger partial charge in [-0.05, 0) is 24.6 Å². The fourth-order valence-corrected chi connectivity index (χ4v) is 1.31. The van der Waals surface area contributed by atoms with E-state index in [-0.39, 0.29) is 23.1 Å². The molecule has 1 atom stereocenters. The Bertz CT molecular complexity index is 460. The maximum atomic E-state index is 13.5. The Labute approximate surface area is 105 Å². The van der Waals surface area contributed by atoms with Crippen molar-refractivity contribution in [2.75, 3.05) is 12.4 Å². The molecule has 0 saturated carbocycles. The molecule has 0 aliphatic carbocycles. The van der Waals surface area contributed by atoms with Gasteiger partial charge in [0, 0.05) is 5.92 Å². The first-order chi connectivity index (χ1) is 8.49. The molecular weight excluding hydrogens is 237 g/mol. The second kappa shape index (κ2) is 6.14. The quantitative estimate of drug-likeness (QED) is 0.839. The van der Waals surface area contributed by atoms with Crippen LogP contribution in [0.1, 0.15) is 30.6 Å². The van der Waals surface area contributed by atoms with E-state index in [1.165, 1.54) is 19.2 Å². The highest BCUT2D eigenvalue weighted by Crippen LogP contribution is 2.18. The Balaban J connectivity index is 2.94. The maximum Gasteiger partial charge on any atom is 0.337 e. The van der Waals surface area contributed by atoms with Crippen LogP contribution in [0.5, 0.6) is 0 Å². The van der Waals surface area contributed by atoms with E-state index < -0.39 is 11.8 Å². The molecule has 0 aliphatic heterocycles. The van der Waals surface area contributed by atoms with Crippen molar-refractivity contribution in [1.82, 2.24) is 0 Å². The first-order valence-corrected chi connectivity index (χ1v) is 5.68. The monoisotopic (exact) mass is 253 g/mol. The number of benzene rings is 1. The topological polar surface area (TPSA) is 55.4 Å². The van der Waals surface area contributed by atoms with E-state index in [1.54, 1.807) is 6.92 Å². The Morgan fingerprint density at radius 2 is 2.11 bits per heavy atom. The Morgan fingerprint density at radius 3 is 2.67 bits per heavy atom. The van der Waals surface area contributed by atoms with Crippen LogP contribution >= 0.6 is 0 Å². The van der Waals surface area contributed by atoms with Crippen LogP contribution in [0, 0.1) is 11.7 Å². The number of carbonyl (C=O) groups excluding carboxylic acids is 2. The van der Waals surface area contributed by atoms with Gasteiger partial charge in [-0.2, -0.15) is 0 Å². The number of halogens is 1. The second-order valence-electron chi connectivity index (χ2n) is 3.98. The van der Waals surface area contributed by atoms with E-state index in [4.69, 9.17) is 0 Å². The molecule has 0 bridgehead atoms. The summed E-state index contributed by atoms with van der Waals surface area (Å²) >= 11 is 0. The Hall–Kier alpha value is -1.91. The minimum absolute atomic E-state index is 0.0109. The van der Waals surface area contributed by atoms with Crippen molar-refractivity contribution in [2.24, 2.45) is 5.92 Å². The number of methoxy groups -OCH3 is 1. The van der Waals surface area contributed by atoms with Crippen LogP contribution in [-0.4, -0.2) is 19.0 Å². The number of carbonyl (C=O) groups is 2. The number of ether oxygens (including phenoxy) is 1. The van der Waals surface area contributed by atoms with Crippen molar-refractivity contribution < 1.29 is 18.7 Å². The lowest BCUT2D eigenvalue weighted by Gasteiger charge is -2.11. The van der Waals surface area contributed by atoms with Gasteiger partial charge in [0.1, 0.15) is 5.82 Å². The highest BCUT2D eigenvalue weighted by atomic mass is 19.1. The standard InChI is InChI=1S/C13H16FNO3/c1-4-8(2)12(16)15-11-7-9(13(17)18-3)5-6-10(11)14/h5-8H,4H2,1-3H3,(H,15,16). The summed E-state index contributed by atoms with van der Waals surface area (Å²) in [6.45, 7) is 3.61. The highest BCUT2D eigenvalue weighted by molar-refractivity contribution is 5.95. The van der Waals surface area contributed by atoms with Gasteiger partial charge in [0.15, 0.2) is 0 Å². The Kier molecular flexibility index (Phi) is 4.83. The normalized spacial score (nSPS) is 11.8. The van der Waals surface area contributed by atoms with Gasteiger partial charge in [-0.15, -0.1) is 0 Å². The minimum atomic E-state index is -0.584. The predicted molar refractivity (Wildman–Crippen MR) is 65.8 cm³/mol. The smallest absolute Gasteiger partial charge is 0.337 e.